The van der Waals surface area contributed by atoms with Crippen molar-refractivity contribution in [3.8, 4) is 5.75 Å². The van der Waals surface area contributed by atoms with Crippen LogP contribution in [0.4, 0.5) is 18.9 Å². The summed E-state index contributed by atoms with van der Waals surface area (Å²) in [6.45, 7) is -2.85. The predicted octanol–water partition coefficient (Wildman–Crippen LogP) is 4.16. The molecule has 3 aromatic rings. The van der Waals surface area contributed by atoms with Gasteiger partial charge < -0.3 is 10.1 Å². The number of halogens is 3. The lowest BCUT2D eigenvalue weighted by atomic mass is 10.2. The van der Waals surface area contributed by atoms with E-state index in [2.05, 4.69) is 14.8 Å². The van der Waals surface area contributed by atoms with Gasteiger partial charge in [0.05, 0.1) is 10.6 Å². The summed E-state index contributed by atoms with van der Waals surface area (Å²) in [6, 6.07) is 16.3. The number of anilines is 1. The van der Waals surface area contributed by atoms with E-state index in [-0.39, 0.29) is 28.4 Å². The molecule has 0 bridgehead atoms. The Balaban J connectivity index is 1.68. The highest BCUT2D eigenvalue weighted by molar-refractivity contribution is 7.92. The minimum absolute atomic E-state index is 0.00895. The molecular weight excluding hydrogens is 433 g/mol. The van der Waals surface area contributed by atoms with Crippen LogP contribution in [0.15, 0.2) is 77.7 Å². The van der Waals surface area contributed by atoms with E-state index >= 15 is 0 Å². The van der Waals surface area contributed by atoms with Crippen molar-refractivity contribution >= 4 is 21.6 Å². The second-order valence-electron chi connectivity index (χ2n) is 6.32. The summed E-state index contributed by atoms with van der Waals surface area (Å²) in [7, 11) is -4.12. The summed E-state index contributed by atoms with van der Waals surface area (Å²) in [5.41, 5.74) is 0.491. The van der Waals surface area contributed by atoms with Crippen molar-refractivity contribution in [1.82, 2.24) is 5.32 Å². The molecule has 0 aliphatic heterocycles. The first-order chi connectivity index (χ1) is 14.7. The van der Waals surface area contributed by atoms with Gasteiger partial charge in [-0.2, -0.15) is 8.78 Å². The molecule has 0 fully saturated rings. The third-order valence-corrected chi connectivity index (χ3v) is 5.49. The van der Waals surface area contributed by atoms with Crippen molar-refractivity contribution in [2.45, 2.75) is 18.1 Å². The number of rotatable bonds is 8. The van der Waals surface area contributed by atoms with Gasteiger partial charge in [-0.1, -0.05) is 30.3 Å². The number of sulfonamides is 1. The Hall–Kier alpha value is -3.53. The van der Waals surface area contributed by atoms with E-state index in [4.69, 9.17) is 0 Å². The predicted molar refractivity (Wildman–Crippen MR) is 108 cm³/mol. The largest absolute Gasteiger partial charge is 0.435 e. The summed E-state index contributed by atoms with van der Waals surface area (Å²) < 4.78 is 69.6. The highest BCUT2D eigenvalue weighted by atomic mass is 32.2. The van der Waals surface area contributed by atoms with E-state index in [1.165, 1.54) is 60.7 Å². The minimum atomic E-state index is -4.12. The van der Waals surface area contributed by atoms with E-state index in [0.717, 1.165) is 12.1 Å². The van der Waals surface area contributed by atoms with Crippen LogP contribution in [0, 0.1) is 5.82 Å². The van der Waals surface area contributed by atoms with Gasteiger partial charge in [-0.3, -0.25) is 9.52 Å². The molecule has 0 atom stereocenters. The van der Waals surface area contributed by atoms with Crippen LogP contribution in [0.5, 0.6) is 5.75 Å². The number of carbonyl (C=O) groups is 1. The second kappa shape index (κ2) is 9.52. The maximum absolute atomic E-state index is 13.8. The molecule has 0 saturated heterocycles. The summed E-state index contributed by atoms with van der Waals surface area (Å²) in [5, 5.41) is 2.61. The number of alkyl halides is 2. The molecule has 2 N–H and O–H groups in total. The Morgan fingerprint density at radius 1 is 0.968 bits per heavy atom. The van der Waals surface area contributed by atoms with Gasteiger partial charge in [-0.15, -0.1) is 0 Å². The van der Waals surface area contributed by atoms with Gasteiger partial charge in [0.1, 0.15) is 11.6 Å². The minimum Gasteiger partial charge on any atom is -0.435 e. The van der Waals surface area contributed by atoms with E-state index < -0.39 is 28.4 Å². The van der Waals surface area contributed by atoms with Crippen LogP contribution >= 0.6 is 0 Å². The van der Waals surface area contributed by atoms with E-state index in [1.807, 2.05) is 0 Å². The summed E-state index contributed by atoms with van der Waals surface area (Å²) in [6.07, 6.45) is 0. The van der Waals surface area contributed by atoms with Crippen LogP contribution in [0.1, 0.15) is 15.9 Å². The van der Waals surface area contributed by atoms with Crippen molar-refractivity contribution in [2.75, 3.05) is 4.72 Å². The van der Waals surface area contributed by atoms with E-state index in [1.54, 1.807) is 0 Å². The Bertz CT molecular complexity index is 1170. The van der Waals surface area contributed by atoms with Crippen LogP contribution in [-0.2, 0) is 16.6 Å². The van der Waals surface area contributed by atoms with Crippen LogP contribution in [0.25, 0.3) is 0 Å². The smallest absolute Gasteiger partial charge is 0.387 e. The van der Waals surface area contributed by atoms with Crippen LogP contribution < -0.4 is 14.8 Å². The zero-order chi connectivity index (χ0) is 22.4. The first-order valence-corrected chi connectivity index (χ1v) is 10.4. The standard InChI is InChI=1S/C21H17F3N2O4S/c22-18-6-1-2-7-19(18)26-31(28,29)17-5-3-4-15(12-17)20(27)25-13-14-8-10-16(11-9-14)30-21(23)24/h1-12,21,26H,13H2,(H,25,27). The van der Waals surface area contributed by atoms with Gasteiger partial charge in [-0.05, 0) is 48.0 Å². The van der Waals surface area contributed by atoms with Gasteiger partial charge in [0.15, 0.2) is 0 Å². The zero-order valence-corrected chi connectivity index (χ0v) is 16.7. The van der Waals surface area contributed by atoms with Gasteiger partial charge in [0, 0.05) is 12.1 Å². The Morgan fingerprint density at radius 2 is 1.68 bits per heavy atom. The fourth-order valence-corrected chi connectivity index (χ4v) is 3.74. The van der Waals surface area contributed by atoms with E-state index in [0.29, 0.717) is 5.56 Å². The van der Waals surface area contributed by atoms with Gasteiger partial charge >= 0.3 is 6.61 Å². The molecule has 0 spiro atoms. The molecule has 0 aliphatic rings. The van der Waals surface area contributed by atoms with Crippen LogP contribution in [0.3, 0.4) is 0 Å². The molecule has 31 heavy (non-hydrogen) atoms. The fraction of sp³-hybridized carbons (Fsp3) is 0.0952. The lowest BCUT2D eigenvalue weighted by Gasteiger charge is -2.11. The number of hydrogen-bond acceptors (Lipinski definition) is 4. The van der Waals surface area contributed by atoms with Crippen molar-refractivity contribution in [2.24, 2.45) is 0 Å². The third-order valence-electron chi connectivity index (χ3n) is 4.13. The highest BCUT2D eigenvalue weighted by Crippen LogP contribution is 2.20. The lowest BCUT2D eigenvalue weighted by molar-refractivity contribution is -0.0498. The normalized spacial score (nSPS) is 11.2. The molecule has 0 heterocycles. The first kappa shape index (κ1) is 22.2. The number of amides is 1. The SMILES string of the molecule is O=C(NCc1ccc(OC(F)F)cc1)c1cccc(S(=O)(=O)Nc2ccccc2F)c1. The van der Waals surface area contributed by atoms with E-state index in [9.17, 15) is 26.4 Å². The average molecular weight is 450 g/mol. The Morgan fingerprint density at radius 3 is 2.35 bits per heavy atom. The first-order valence-electron chi connectivity index (χ1n) is 8.94. The fourth-order valence-electron chi connectivity index (χ4n) is 2.63. The average Bonchev–Trinajstić information content (AvgIpc) is 2.74. The number of para-hydroxylation sites is 1. The number of ether oxygens (including phenoxy) is 1. The maximum Gasteiger partial charge on any atom is 0.387 e. The molecule has 0 unspecified atom stereocenters. The molecule has 0 aromatic heterocycles. The molecule has 162 valence electrons. The molecule has 0 saturated carbocycles. The lowest BCUT2D eigenvalue weighted by Crippen LogP contribution is -2.23. The quantitative estimate of drug-likeness (QED) is 0.540. The zero-order valence-electron chi connectivity index (χ0n) is 15.9. The molecule has 0 radical (unpaired) electrons. The molecule has 0 aliphatic carbocycles. The van der Waals surface area contributed by atoms with Gasteiger partial charge in [0.2, 0.25) is 0 Å². The molecule has 3 rings (SSSR count). The number of carbonyl (C=O) groups excluding carboxylic acids is 1. The third kappa shape index (κ3) is 5.98. The van der Waals surface area contributed by atoms with Crippen molar-refractivity contribution in [3.63, 3.8) is 0 Å². The van der Waals surface area contributed by atoms with Crippen LogP contribution in [-0.4, -0.2) is 20.9 Å². The number of nitrogens with one attached hydrogen (secondary N) is 2. The molecule has 10 heteroatoms. The molecule has 3 aromatic carbocycles. The summed E-state index contributed by atoms with van der Waals surface area (Å²) in [4.78, 5) is 12.2. The Labute approximate surface area is 176 Å². The molecule has 6 nitrogen and oxygen atoms in total. The number of benzene rings is 3. The van der Waals surface area contributed by atoms with Gasteiger partial charge in [-0.25, -0.2) is 12.8 Å². The maximum atomic E-state index is 13.8. The van der Waals surface area contributed by atoms with Crippen molar-refractivity contribution in [1.29, 1.82) is 0 Å². The van der Waals surface area contributed by atoms with Crippen molar-refractivity contribution in [3.05, 3.63) is 89.7 Å². The Kier molecular flexibility index (Phi) is 6.81. The second-order valence-corrected chi connectivity index (χ2v) is 8.00. The topological polar surface area (TPSA) is 84.5 Å². The molecule has 1 amide bonds. The van der Waals surface area contributed by atoms with Crippen LogP contribution in [0.2, 0.25) is 0 Å². The molecular formula is C21H17F3N2O4S. The van der Waals surface area contributed by atoms with Gasteiger partial charge in [0.25, 0.3) is 15.9 Å². The summed E-state index contributed by atoms with van der Waals surface area (Å²) >= 11 is 0. The summed E-state index contributed by atoms with van der Waals surface area (Å²) in [5.74, 6) is -1.29. The monoisotopic (exact) mass is 450 g/mol. The highest BCUT2D eigenvalue weighted by Gasteiger charge is 2.18. The van der Waals surface area contributed by atoms with Crippen molar-refractivity contribution < 1.29 is 31.1 Å². The number of hydrogen-bond donors (Lipinski definition) is 2.